The van der Waals surface area contributed by atoms with Gasteiger partial charge in [0, 0.05) is 26.2 Å². The van der Waals surface area contributed by atoms with Crippen LogP contribution in [0.2, 0.25) is 0 Å². The summed E-state index contributed by atoms with van der Waals surface area (Å²) in [5.41, 5.74) is -0.519. The van der Waals surface area contributed by atoms with Gasteiger partial charge in [0.15, 0.2) is 0 Å². The fraction of sp³-hybridized carbons (Fsp3) is 1.00. The highest BCUT2D eigenvalue weighted by atomic mass is 16.5. The number of methoxy groups -OCH3 is 1. The van der Waals surface area contributed by atoms with Crippen LogP contribution in [0.4, 0.5) is 0 Å². The van der Waals surface area contributed by atoms with E-state index >= 15 is 0 Å². The minimum atomic E-state index is -0.519. The zero-order chi connectivity index (χ0) is 12.3. The second-order valence-electron chi connectivity index (χ2n) is 5.74. The predicted molar refractivity (Wildman–Crippen MR) is 68.1 cm³/mol. The predicted octanol–water partition coefficient (Wildman–Crippen LogP) is 0.600. The molecule has 0 amide bonds. The molecule has 3 atom stereocenters. The molecule has 0 spiro atoms. The molecule has 100 valence electrons. The first-order chi connectivity index (χ1) is 8.13. The lowest BCUT2D eigenvalue weighted by atomic mass is 9.91. The Morgan fingerprint density at radius 3 is 2.94 bits per heavy atom. The molecule has 1 heterocycles. The van der Waals surface area contributed by atoms with Gasteiger partial charge in [0.05, 0.1) is 11.7 Å². The summed E-state index contributed by atoms with van der Waals surface area (Å²) < 4.78 is 5.47. The number of nitrogens with one attached hydrogen (secondary N) is 1. The van der Waals surface area contributed by atoms with Crippen LogP contribution in [-0.2, 0) is 4.74 Å². The molecule has 4 nitrogen and oxygen atoms in total. The molecule has 2 N–H and O–H groups in total. The quantitative estimate of drug-likeness (QED) is 0.758. The van der Waals surface area contributed by atoms with Crippen LogP contribution in [0.3, 0.4) is 0 Å². The van der Waals surface area contributed by atoms with E-state index in [-0.39, 0.29) is 0 Å². The number of aliphatic hydroxyl groups is 1. The summed E-state index contributed by atoms with van der Waals surface area (Å²) in [6, 6.07) is 0.568. The van der Waals surface area contributed by atoms with Crippen LogP contribution < -0.4 is 5.32 Å². The molecule has 4 heteroatoms. The largest absolute Gasteiger partial charge is 0.387 e. The van der Waals surface area contributed by atoms with E-state index < -0.39 is 5.60 Å². The van der Waals surface area contributed by atoms with Crippen LogP contribution >= 0.6 is 0 Å². The van der Waals surface area contributed by atoms with Crippen molar-refractivity contribution < 1.29 is 9.84 Å². The number of rotatable bonds is 4. The number of nitrogens with zero attached hydrogens (tertiary/aromatic N) is 1. The smallest absolute Gasteiger partial charge is 0.0909 e. The normalized spacial score (nSPS) is 38.8. The Labute approximate surface area is 104 Å². The summed E-state index contributed by atoms with van der Waals surface area (Å²) in [4.78, 5) is 2.33. The van der Waals surface area contributed by atoms with E-state index in [0.29, 0.717) is 12.1 Å². The van der Waals surface area contributed by atoms with Gasteiger partial charge < -0.3 is 20.1 Å². The van der Waals surface area contributed by atoms with Crippen molar-refractivity contribution in [2.75, 3.05) is 33.8 Å². The second-order valence-corrected chi connectivity index (χ2v) is 5.74. The van der Waals surface area contributed by atoms with E-state index in [2.05, 4.69) is 17.3 Å². The zero-order valence-electron chi connectivity index (χ0n) is 11.1. The SMILES string of the molecule is COC1CCCC(N(C)CC2(O)CCNC2)C1. The summed E-state index contributed by atoms with van der Waals surface area (Å²) in [6.45, 7) is 2.45. The molecular weight excluding hydrogens is 216 g/mol. The van der Waals surface area contributed by atoms with Gasteiger partial charge in [-0.2, -0.15) is 0 Å². The van der Waals surface area contributed by atoms with E-state index in [1.807, 2.05) is 7.11 Å². The van der Waals surface area contributed by atoms with Gasteiger partial charge >= 0.3 is 0 Å². The summed E-state index contributed by atoms with van der Waals surface area (Å²) in [6.07, 6.45) is 6.05. The molecule has 2 fully saturated rings. The fourth-order valence-electron chi connectivity index (χ4n) is 3.19. The van der Waals surface area contributed by atoms with E-state index in [1.54, 1.807) is 0 Å². The van der Waals surface area contributed by atoms with E-state index in [9.17, 15) is 5.11 Å². The van der Waals surface area contributed by atoms with Crippen molar-refractivity contribution >= 4 is 0 Å². The molecule has 1 aliphatic heterocycles. The number of ether oxygens (including phenoxy) is 1. The summed E-state index contributed by atoms with van der Waals surface area (Å²) in [7, 11) is 3.94. The Kier molecular flexibility index (Phi) is 4.42. The molecule has 3 unspecified atom stereocenters. The van der Waals surface area contributed by atoms with Crippen LogP contribution in [-0.4, -0.2) is 61.5 Å². The Hall–Kier alpha value is -0.160. The van der Waals surface area contributed by atoms with Crippen LogP contribution in [0, 0.1) is 0 Å². The molecule has 1 saturated heterocycles. The summed E-state index contributed by atoms with van der Waals surface area (Å²) in [5, 5.41) is 13.6. The van der Waals surface area contributed by atoms with E-state index in [4.69, 9.17) is 4.74 Å². The lowest BCUT2D eigenvalue weighted by Gasteiger charge is -2.38. The first-order valence-corrected chi connectivity index (χ1v) is 6.79. The van der Waals surface area contributed by atoms with Gasteiger partial charge in [0.25, 0.3) is 0 Å². The van der Waals surface area contributed by atoms with Crippen LogP contribution in [0.5, 0.6) is 0 Å². The van der Waals surface area contributed by atoms with Gasteiger partial charge in [0.1, 0.15) is 0 Å². The van der Waals surface area contributed by atoms with Crippen molar-refractivity contribution in [3.63, 3.8) is 0 Å². The molecule has 0 aromatic rings. The molecule has 0 bridgehead atoms. The van der Waals surface area contributed by atoms with Gasteiger partial charge in [-0.3, -0.25) is 0 Å². The van der Waals surface area contributed by atoms with E-state index in [0.717, 1.165) is 32.5 Å². The van der Waals surface area contributed by atoms with Crippen molar-refractivity contribution in [3.05, 3.63) is 0 Å². The molecule has 0 radical (unpaired) electrons. The van der Waals surface area contributed by atoms with Gasteiger partial charge in [-0.05, 0) is 45.7 Å². The number of likely N-dealkylation sites (N-methyl/N-ethyl adjacent to an activating group) is 1. The second kappa shape index (κ2) is 5.65. The topological polar surface area (TPSA) is 44.7 Å². The zero-order valence-corrected chi connectivity index (χ0v) is 11.1. The summed E-state index contributed by atoms with van der Waals surface area (Å²) >= 11 is 0. The highest BCUT2D eigenvalue weighted by Gasteiger charge is 2.35. The monoisotopic (exact) mass is 242 g/mol. The minimum Gasteiger partial charge on any atom is -0.387 e. The first-order valence-electron chi connectivity index (χ1n) is 6.79. The van der Waals surface area contributed by atoms with Crippen molar-refractivity contribution in [1.29, 1.82) is 0 Å². The maximum atomic E-state index is 10.4. The van der Waals surface area contributed by atoms with Gasteiger partial charge in [0.2, 0.25) is 0 Å². The molecule has 2 aliphatic rings. The number of hydrogen-bond acceptors (Lipinski definition) is 4. The van der Waals surface area contributed by atoms with Gasteiger partial charge in [-0.15, -0.1) is 0 Å². The third kappa shape index (κ3) is 3.41. The van der Waals surface area contributed by atoms with Crippen molar-refractivity contribution in [1.82, 2.24) is 10.2 Å². The minimum absolute atomic E-state index is 0.410. The van der Waals surface area contributed by atoms with Gasteiger partial charge in [-0.25, -0.2) is 0 Å². The Bertz CT molecular complexity index is 242. The third-order valence-electron chi connectivity index (χ3n) is 4.32. The Balaban J connectivity index is 1.84. The Morgan fingerprint density at radius 2 is 2.29 bits per heavy atom. The van der Waals surface area contributed by atoms with Crippen molar-refractivity contribution in [2.24, 2.45) is 0 Å². The lowest BCUT2D eigenvalue weighted by molar-refractivity contribution is -0.0103. The van der Waals surface area contributed by atoms with E-state index in [1.165, 1.54) is 19.3 Å². The molecule has 1 saturated carbocycles. The molecule has 0 aromatic heterocycles. The maximum absolute atomic E-state index is 10.4. The highest BCUT2D eigenvalue weighted by molar-refractivity contribution is 4.92. The molecule has 2 rings (SSSR count). The van der Waals surface area contributed by atoms with Gasteiger partial charge in [-0.1, -0.05) is 0 Å². The maximum Gasteiger partial charge on any atom is 0.0909 e. The van der Waals surface area contributed by atoms with Crippen LogP contribution in [0.1, 0.15) is 32.1 Å². The standard InChI is InChI=1S/C13H26N2O2/c1-15(10-13(16)6-7-14-9-13)11-4-3-5-12(8-11)17-2/h11-12,14,16H,3-10H2,1-2H3. The molecule has 0 aromatic carbocycles. The first kappa shape index (κ1) is 13.3. The third-order valence-corrected chi connectivity index (χ3v) is 4.32. The lowest BCUT2D eigenvalue weighted by Crippen LogP contribution is -2.48. The molecule has 17 heavy (non-hydrogen) atoms. The Morgan fingerprint density at radius 1 is 1.47 bits per heavy atom. The number of β-amino-alcohol motifs (C(OH)–C–C–N with tert-alkyl or cyclic N) is 1. The summed E-state index contributed by atoms with van der Waals surface area (Å²) in [5.74, 6) is 0. The average molecular weight is 242 g/mol. The van der Waals surface area contributed by atoms with Crippen LogP contribution in [0.15, 0.2) is 0 Å². The number of hydrogen-bond donors (Lipinski definition) is 2. The molecular formula is C13H26N2O2. The van der Waals surface area contributed by atoms with Crippen molar-refractivity contribution in [2.45, 2.75) is 49.9 Å². The molecule has 1 aliphatic carbocycles. The van der Waals surface area contributed by atoms with Crippen LogP contribution in [0.25, 0.3) is 0 Å². The highest BCUT2D eigenvalue weighted by Crippen LogP contribution is 2.26. The van der Waals surface area contributed by atoms with Crippen molar-refractivity contribution in [3.8, 4) is 0 Å². The fourth-order valence-corrected chi connectivity index (χ4v) is 3.19. The average Bonchev–Trinajstić information content (AvgIpc) is 2.76.